The maximum absolute atomic E-state index is 10.5. The number of hydrogen-bond donors (Lipinski definition) is 2. The van der Waals surface area contributed by atoms with Gasteiger partial charge in [-0.2, -0.15) is 0 Å². The molecule has 11 heavy (non-hydrogen) atoms. The molecule has 0 radical (unpaired) electrons. The lowest BCUT2D eigenvalue weighted by molar-refractivity contribution is -0.139. The van der Waals surface area contributed by atoms with Gasteiger partial charge in [0.15, 0.2) is 0 Å². The second-order valence-corrected chi connectivity index (χ2v) is 3.46. The summed E-state index contributed by atoms with van der Waals surface area (Å²) < 4.78 is 0. The van der Waals surface area contributed by atoms with E-state index in [4.69, 9.17) is 5.11 Å². The Hall–Kier alpha value is -0.830. The molecule has 3 atom stereocenters. The Bertz CT molecular complexity index is 226. The van der Waals surface area contributed by atoms with E-state index >= 15 is 0 Å². The van der Waals surface area contributed by atoms with Crippen molar-refractivity contribution in [1.82, 2.24) is 5.32 Å². The summed E-state index contributed by atoms with van der Waals surface area (Å²) in [6.07, 6.45) is 3.68. The molecule has 1 aliphatic heterocycles. The molecule has 1 aliphatic carbocycles. The molecule has 0 unspecified atom stereocenters. The zero-order chi connectivity index (χ0) is 8.06. The van der Waals surface area contributed by atoms with Crippen LogP contribution in [0.1, 0.15) is 12.8 Å². The molecule has 0 spiro atoms. The summed E-state index contributed by atoms with van der Waals surface area (Å²) in [5.74, 6) is -0.738. The van der Waals surface area contributed by atoms with Gasteiger partial charge in [-0.3, -0.25) is 4.79 Å². The van der Waals surface area contributed by atoms with Gasteiger partial charge in [0.05, 0.1) is 0 Å². The van der Waals surface area contributed by atoms with Crippen molar-refractivity contribution >= 4 is 5.97 Å². The van der Waals surface area contributed by atoms with Gasteiger partial charge >= 0.3 is 5.97 Å². The van der Waals surface area contributed by atoms with Crippen molar-refractivity contribution < 1.29 is 9.90 Å². The van der Waals surface area contributed by atoms with Crippen LogP contribution in [0.15, 0.2) is 12.7 Å². The highest BCUT2D eigenvalue weighted by Crippen LogP contribution is 2.55. The van der Waals surface area contributed by atoms with Gasteiger partial charge in [0, 0.05) is 11.5 Å². The Kier molecular flexibility index (Phi) is 1.16. The third-order valence-electron chi connectivity index (χ3n) is 2.81. The maximum atomic E-state index is 10.5. The van der Waals surface area contributed by atoms with E-state index in [1.807, 2.05) is 6.08 Å². The average Bonchev–Trinajstić information content (AvgIpc) is 2.55. The van der Waals surface area contributed by atoms with Gasteiger partial charge in [0.1, 0.15) is 6.04 Å². The van der Waals surface area contributed by atoms with Gasteiger partial charge in [-0.1, -0.05) is 6.08 Å². The van der Waals surface area contributed by atoms with E-state index in [0.717, 1.165) is 12.8 Å². The lowest BCUT2D eigenvalue weighted by atomic mass is 10.0. The standard InChI is InChI=1S/C8H11NO2/c1-2-8-3-5(7(10)11)9-6(8)4-8/h2,5-6,9H,1,3-4H2,(H,10,11)/t5-,6+,8-/m0/s1. The molecule has 2 N–H and O–H groups in total. The van der Waals surface area contributed by atoms with Crippen molar-refractivity contribution in [3.8, 4) is 0 Å². The number of nitrogens with one attached hydrogen (secondary N) is 1. The molecule has 0 aromatic rings. The summed E-state index contributed by atoms with van der Waals surface area (Å²) in [4.78, 5) is 10.5. The van der Waals surface area contributed by atoms with E-state index in [-0.39, 0.29) is 11.5 Å². The van der Waals surface area contributed by atoms with Gasteiger partial charge < -0.3 is 10.4 Å². The molecule has 1 heterocycles. The van der Waals surface area contributed by atoms with Gasteiger partial charge in [-0.05, 0) is 12.8 Å². The molecule has 1 saturated heterocycles. The SMILES string of the molecule is C=C[C@@]12C[C@@H](C(=O)O)N[C@@H]1C2. The van der Waals surface area contributed by atoms with Crippen molar-refractivity contribution in [3.05, 3.63) is 12.7 Å². The van der Waals surface area contributed by atoms with Crippen LogP contribution in [0.4, 0.5) is 0 Å². The first-order valence-corrected chi connectivity index (χ1v) is 3.80. The lowest BCUT2D eigenvalue weighted by Crippen LogP contribution is -2.33. The average molecular weight is 153 g/mol. The van der Waals surface area contributed by atoms with Crippen molar-refractivity contribution in [2.75, 3.05) is 0 Å². The molecule has 3 nitrogen and oxygen atoms in total. The smallest absolute Gasteiger partial charge is 0.320 e. The van der Waals surface area contributed by atoms with Gasteiger partial charge in [0.2, 0.25) is 0 Å². The number of hydrogen-bond acceptors (Lipinski definition) is 2. The predicted molar refractivity (Wildman–Crippen MR) is 40.2 cm³/mol. The molecule has 0 bridgehead atoms. The molecule has 3 heteroatoms. The predicted octanol–water partition coefficient (Wildman–Crippen LogP) is 0.378. The van der Waals surface area contributed by atoms with Crippen LogP contribution in [0.2, 0.25) is 0 Å². The van der Waals surface area contributed by atoms with E-state index in [0.29, 0.717) is 6.04 Å². The van der Waals surface area contributed by atoms with Crippen LogP contribution < -0.4 is 5.32 Å². The third kappa shape index (κ3) is 0.807. The second kappa shape index (κ2) is 1.85. The fraction of sp³-hybridized carbons (Fsp3) is 0.625. The fourth-order valence-electron chi connectivity index (χ4n) is 1.92. The van der Waals surface area contributed by atoms with Crippen molar-refractivity contribution in [2.24, 2.45) is 5.41 Å². The summed E-state index contributed by atoms with van der Waals surface area (Å²) in [5, 5.41) is 11.7. The largest absolute Gasteiger partial charge is 0.480 e. The first-order valence-electron chi connectivity index (χ1n) is 3.80. The number of carboxylic acids is 1. The zero-order valence-electron chi connectivity index (χ0n) is 6.21. The number of carboxylic acid groups (broad SMARTS) is 1. The molecular weight excluding hydrogens is 142 g/mol. The van der Waals surface area contributed by atoms with Crippen LogP contribution in [0.5, 0.6) is 0 Å². The van der Waals surface area contributed by atoms with Crippen LogP contribution in [0.3, 0.4) is 0 Å². The number of rotatable bonds is 2. The van der Waals surface area contributed by atoms with Gasteiger partial charge in [-0.15, -0.1) is 6.58 Å². The highest BCUT2D eigenvalue weighted by atomic mass is 16.4. The Morgan fingerprint density at radius 3 is 2.82 bits per heavy atom. The summed E-state index contributed by atoms with van der Waals surface area (Å²) in [6.45, 7) is 3.72. The normalized spacial score (nSPS) is 46.5. The highest BCUT2D eigenvalue weighted by Gasteiger charge is 2.59. The molecule has 0 aromatic carbocycles. The number of piperidine rings is 1. The summed E-state index contributed by atoms with van der Waals surface area (Å²) in [6, 6.07) is 0.0489. The lowest BCUT2D eigenvalue weighted by Gasteiger charge is -2.07. The molecule has 1 saturated carbocycles. The summed E-state index contributed by atoms with van der Waals surface area (Å²) in [7, 11) is 0. The molecular formula is C8H11NO2. The minimum Gasteiger partial charge on any atom is -0.480 e. The van der Waals surface area contributed by atoms with E-state index in [1.165, 1.54) is 0 Å². The number of carbonyl (C=O) groups is 1. The van der Waals surface area contributed by atoms with Crippen LogP contribution in [0, 0.1) is 5.41 Å². The Morgan fingerprint density at radius 2 is 2.45 bits per heavy atom. The minimum absolute atomic E-state index is 0.128. The summed E-state index contributed by atoms with van der Waals surface area (Å²) in [5.41, 5.74) is 0.128. The van der Waals surface area contributed by atoms with E-state index in [9.17, 15) is 4.79 Å². The van der Waals surface area contributed by atoms with E-state index in [2.05, 4.69) is 11.9 Å². The molecule has 60 valence electrons. The molecule has 2 rings (SSSR count). The Labute approximate surface area is 65.1 Å². The zero-order valence-corrected chi connectivity index (χ0v) is 6.21. The maximum Gasteiger partial charge on any atom is 0.320 e. The first-order chi connectivity index (χ1) is 5.18. The van der Waals surface area contributed by atoms with Gasteiger partial charge in [-0.25, -0.2) is 0 Å². The second-order valence-electron chi connectivity index (χ2n) is 3.46. The quantitative estimate of drug-likeness (QED) is 0.564. The first kappa shape index (κ1) is 6.85. The molecule has 0 amide bonds. The number of aliphatic carboxylic acids is 1. The van der Waals surface area contributed by atoms with E-state index in [1.54, 1.807) is 0 Å². The van der Waals surface area contributed by atoms with Gasteiger partial charge in [0.25, 0.3) is 0 Å². The van der Waals surface area contributed by atoms with Crippen LogP contribution >= 0.6 is 0 Å². The minimum atomic E-state index is -0.738. The topological polar surface area (TPSA) is 49.3 Å². The van der Waals surface area contributed by atoms with Crippen LogP contribution in [-0.4, -0.2) is 23.2 Å². The highest BCUT2D eigenvalue weighted by molar-refractivity contribution is 5.74. The third-order valence-corrected chi connectivity index (χ3v) is 2.81. The molecule has 2 aliphatic rings. The fourth-order valence-corrected chi connectivity index (χ4v) is 1.92. The Balaban J connectivity index is 2.07. The van der Waals surface area contributed by atoms with Crippen LogP contribution in [-0.2, 0) is 4.79 Å². The van der Waals surface area contributed by atoms with Crippen molar-refractivity contribution in [3.63, 3.8) is 0 Å². The van der Waals surface area contributed by atoms with Crippen molar-refractivity contribution in [1.29, 1.82) is 0 Å². The molecule has 2 fully saturated rings. The van der Waals surface area contributed by atoms with Crippen molar-refractivity contribution in [2.45, 2.75) is 24.9 Å². The Morgan fingerprint density at radius 1 is 1.73 bits per heavy atom. The van der Waals surface area contributed by atoms with Crippen LogP contribution in [0.25, 0.3) is 0 Å². The van der Waals surface area contributed by atoms with E-state index < -0.39 is 5.97 Å². The number of fused-ring (bicyclic) bond motifs is 1. The molecule has 0 aromatic heterocycles. The monoisotopic (exact) mass is 153 g/mol. The summed E-state index contributed by atoms with van der Waals surface area (Å²) >= 11 is 0.